The molecule has 0 aliphatic carbocycles. The molecule has 2 heterocycles. The van der Waals surface area contributed by atoms with Crippen molar-refractivity contribution in [2.24, 2.45) is 0 Å². The molecule has 2 rings (SSSR count). The first kappa shape index (κ1) is 13.9. The Morgan fingerprint density at radius 3 is 1.59 bits per heavy atom. The van der Waals surface area contributed by atoms with Crippen molar-refractivity contribution in [3.05, 3.63) is 40.6 Å². The second-order valence-corrected chi connectivity index (χ2v) is 7.85. The summed E-state index contributed by atoms with van der Waals surface area (Å²) < 4.78 is 2.63. The van der Waals surface area contributed by atoms with Gasteiger partial charge in [0.25, 0.3) is 0 Å². The Balaban J connectivity index is 2.47. The van der Waals surface area contributed by atoms with Crippen LogP contribution in [0.5, 0.6) is 0 Å². The number of halogens is 4. The van der Waals surface area contributed by atoms with Crippen LogP contribution in [0.3, 0.4) is 0 Å². The largest absolute Gasteiger partial charge is 0.309 e. The lowest BCUT2D eigenvalue weighted by Crippen LogP contribution is -2.16. The standard InChI is InChI=1S/C10H7Cl4NS2/c1-15-8(4-2-6(11)16-9(4)13)5-3-7(12)17-10(5)14/h2-3,8,15H,1H3. The average molecular weight is 347 g/mol. The highest BCUT2D eigenvalue weighted by Crippen LogP contribution is 2.42. The van der Waals surface area contributed by atoms with E-state index in [2.05, 4.69) is 5.32 Å². The van der Waals surface area contributed by atoms with Crippen molar-refractivity contribution < 1.29 is 0 Å². The molecule has 0 atom stereocenters. The SMILES string of the molecule is CNC(c1cc(Cl)sc1Cl)c1cc(Cl)sc1Cl. The fraction of sp³-hybridized carbons (Fsp3) is 0.200. The monoisotopic (exact) mass is 345 g/mol. The summed E-state index contributed by atoms with van der Waals surface area (Å²) in [5.74, 6) is 0. The molecule has 0 saturated carbocycles. The Bertz CT molecular complexity index is 488. The number of rotatable bonds is 3. The molecule has 7 heteroatoms. The van der Waals surface area contributed by atoms with Gasteiger partial charge in [0.15, 0.2) is 0 Å². The highest BCUT2D eigenvalue weighted by molar-refractivity contribution is 7.20. The third-order valence-corrected chi connectivity index (χ3v) is 5.31. The van der Waals surface area contributed by atoms with Gasteiger partial charge in [-0.15, -0.1) is 22.7 Å². The first-order valence-corrected chi connectivity index (χ1v) is 7.74. The second kappa shape index (κ2) is 5.66. The van der Waals surface area contributed by atoms with E-state index in [9.17, 15) is 0 Å². The average Bonchev–Trinajstić information content (AvgIpc) is 2.73. The predicted octanol–water partition coefficient (Wildman–Crippen LogP) is 5.73. The fourth-order valence-electron chi connectivity index (χ4n) is 1.58. The van der Waals surface area contributed by atoms with E-state index >= 15 is 0 Å². The molecule has 0 bridgehead atoms. The number of nitrogens with one attached hydrogen (secondary N) is 1. The van der Waals surface area contributed by atoms with Gasteiger partial charge in [0.1, 0.15) is 0 Å². The lowest BCUT2D eigenvalue weighted by Gasteiger charge is -2.14. The summed E-state index contributed by atoms with van der Waals surface area (Å²) in [6.07, 6.45) is 0. The Labute approximate surface area is 127 Å². The van der Waals surface area contributed by atoms with Gasteiger partial charge in [-0.2, -0.15) is 0 Å². The summed E-state index contributed by atoms with van der Waals surface area (Å²) in [5, 5.41) is 3.17. The smallest absolute Gasteiger partial charge is 0.0995 e. The molecule has 0 radical (unpaired) electrons. The normalized spacial score (nSPS) is 11.4. The maximum absolute atomic E-state index is 6.15. The highest BCUT2D eigenvalue weighted by Gasteiger charge is 2.22. The molecule has 0 spiro atoms. The van der Waals surface area contributed by atoms with E-state index in [0.29, 0.717) is 17.3 Å². The molecule has 0 aromatic carbocycles. The molecule has 2 aromatic heterocycles. The molecule has 1 nitrogen and oxygen atoms in total. The lowest BCUT2D eigenvalue weighted by molar-refractivity contribution is 0.697. The van der Waals surface area contributed by atoms with E-state index in [1.54, 1.807) is 0 Å². The molecule has 2 aromatic rings. The minimum absolute atomic E-state index is 0.0949. The van der Waals surface area contributed by atoms with Gasteiger partial charge in [-0.05, 0) is 19.2 Å². The molecule has 0 aliphatic heterocycles. The summed E-state index contributed by atoms with van der Waals surface area (Å²) in [6.45, 7) is 0. The summed E-state index contributed by atoms with van der Waals surface area (Å²) >= 11 is 26.9. The van der Waals surface area contributed by atoms with Crippen molar-refractivity contribution in [3.8, 4) is 0 Å². The Morgan fingerprint density at radius 1 is 0.941 bits per heavy atom. The van der Waals surface area contributed by atoms with Crippen LogP contribution in [-0.4, -0.2) is 7.05 Å². The summed E-state index contributed by atoms with van der Waals surface area (Å²) in [5.41, 5.74) is 1.83. The van der Waals surface area contributed by atoms with E-state index < -0.39 is 0 Å². The summed E-state index contributed by atoms with van der Waals surface area (Å²) in [6, 6.07) is 3.59. The van der Waals surface area contributed by atoms with E-state index in [-0.39, 0.29) is 6.04 Å². The maximum atomic E-state index is 6.15. The van der Waals surface area contributed by atoms with Crippen LogP contribution in [0, 0.1) is 0 Å². The topological polar surface area (TPSA) is 12.0 Å². The quantitative estimate of drug-likeness (QED) is 0.748. The zero-order valence-corrected chi connectivity index (χ0v) is 13.2. The van der Waals surface area contributed by atoms with Crippen molar-refractivity contribution in [1.29, 1.82) is 0 Å². The van der Waals surface area contributed by atoms with E-state index in [0.717, 1.165) is 11.1 Å². The zero-order valence-electron chi connectivity index (χ0n) is 8.56. The molecule has 0 amide bonds. The number of hydrogen-bond donors (Lipinski definition) is 1. The minimum Gasteiger partial charge on any atom is -0.309 e. The fourth-order valence-corrected chi connectivity index (χ4v) is 4.64. The zero-order chi connectivity index (χ0) is 12.6. The summed E-state index contributed by atoms with van der Waals surface area (Å²) in [7, 11) is 1.84. The van der Waals surface area contributed by atoms with Gasteiger partial charge in [-0.25, -0.2) is 0 Å². The highest BCUT2D eigenvalue weighted by atomic mass is 35.5. The van der Waals surface area contributed by atoms with Gasteiger partial charge in [0, 0.05) is 11.1 Å². The molecule has 1 N–H and O–H groups in total. The molecule has 0 saturated heterocycles. The van der Waals surface area contributed by atoms with Gasteiger partial charge in [0.05, 0.1) is 23.4 Å². The van der Waals surface area contributed by atoms with Crippen LogP contribution in [0.15, 0.2) is 12.1 Å². The maximum Gasteiger partial charge on any atom is 0.0995 e. The van der Waals surface area contributed by atoms with Crippen LogP contribution in [-0.2, 0) is 0 Å². The van der Waals surface area contributed by atoms with Crippen LogP contribution >= 0.6 is 69.1 Å². The Morgan fingerprint density at radius 2 is 1.35 bits per heavy atom. The van der Waals surface area contributed by atoms with Gasteiger partial charge in [0.2, 0.25) is 0 Å². The Kier molecular flexibility index (Phi) is 4.64. The van der Waals surface area contributed by atoms with Crippen molar-refractivity contribution in [2.45, 2.75) is 6.04 Å². The van der Waals surface area contributed by atoms with Gasteiger partial charge < -0.3 is 5.32 Å². The van der Waals surface area contributed by atoms with Gasteiger partial charge in [-0.3, -0.25) is 0 Å². The molecular formula is C10H7Cl4NS2. The third-order valence-electron chi connectivity index (χ3n) is 2.28. The molecular weight excluding hydrogens is 340 g/mol. The van der Waals surface area contributed by atoms with Gasteiger partial charge in [-0.1, -0.05) is 46.4 Å². The van der Waals surface area contributed by atoms with E-state index in [1.807, 2.05) is 19.2 Å². The molecule has 0 aliphatic rings. The van der Waals surface area contributed by atoms with Crippen LogP contribution in [0.1, 0.15) is 17.2 Å². The van der Waals surface area contributed by atoms with Crippen LogP contribution in [0.25, 0.3) is 0 Å². The van der Waals surface area contributed by atoms with Crippen LogP contribution in [0.4, 0.5) is 0 Å². The van der Waals surface area contributed by atoms with Crippen LogP contribution in [0.2, 0.25) is 17.3 Å². The molecule has 0 fully saturated rings. The minimum atomic E-state index is -0.0949. The van der Waals surface area contributed by atoms with Crippen molar-refractivity contribution in [1.82, 2.24) is 5.32 Å². The van der Waals surface area contributed by atoms with Crippen LogP contribution < -0.4 is 5.32 Å². The molecule has 0 unspecified atom stereocenters. The first-order valence-electron chi connectivity index (χ1n) is 4.59. The predicted molar refractivity (Wildman–Crippen MR) is 79.6 cm³/mol. The molecule has 92 valence electrons. The Hall–Kier alpha value is 0.520. The summed E-state index contributed by atoms with van der Waals surface area (Å²) in [4.78, 5) is 0. The first-order chi connectivity index (χ1) is 8.02. The lowest BCUT2D eigenvalue weighted by atomic mass is 10.1. The van der Waals surface area contributed by atoms with Gasteiger partial charge >= 0.3 is 0 Å². The number of thiophene rings is 2. The van der Waals surface area contributed by atoms with Crippen molar-refractivity contribution in [3.63, 3.8) is 0 Å². The second-order valence-electron chi connectivity index (χ2n) is 3.28. The van der Waals surface area contributed by atoms with E-state index in [4.69, 9.17) is 46.4 Å². The van der Waals surface area contributed by atoms with Crippen molar-refractivity contribution >= 4 is 69.1 Å². The molecule has 17 heavy (non-hydrogen) atoms. The van der Waals surface area contributed by atoms with E-state index in [1.165, 1.54) is 22.7 Å². The number of hydrogen-bond acceptors (Lipinski definition) is 3. The van der Waals surface area contributed by atoms with Crippen molar-refractivity contribution in [2.75, 3.05) is 7.05 Å². The third kappa shape index (κ3) is 2.92.